The molecule has 0 bridgehead atoms. The van der Waals surface area contributed by atoms with Gasteiger partial charge in [-0.1, -0.05) is 18.9 Å². The van der Waals surface area contributed by atoms with Crippen LogP contribution in [0.5, 0.6) is 0 Å². The summed E-state index contributed by atoms with van der Waals surface area (Å²) >= 11 is 0. The predicted molar refractivity (Wildman–Crippen MR) is 74.5 cm³/mol. The molecule has 1 aromatic rings. The summed E-state index contributed by atoms with van der Waals surface area (Å²) in [7, 11) is 0. The SMILES string of the molecule is Nc1cccc(C(=O)O)c1N(CCO)C1CCCC1. The Morgan fingerprint density at radius 1 is 1.37 bits per heavy atom. The maximum absolute atomic E-state index is 11.4. The van der Waals surface area contributed by atoms with Gasteiger partial charge in [0.1, 0.15) is 0 Å². The Hall–Kier alpha value is -1.75. The summed E-state index contributed by atoms with van der Waals surface area (Å²) < 4.78 is 0. The number of aliphatic hydroxyl groups is 1. The topological polar surface area (TPSA) is 86.8 Å². The van der Waals surface area contributed by atoms with Crippen molar-refractivity contribution in [3.63, 3.8) is 0 Å². The number of nitrogens with two attached hydrogens (primary N) is 1. The maximum Gasteiger partial charge on any atom is 0.337 e. The van der Waals surface area contributed by atoms with Crippen molar-refractivity contribution in [3.05, 3.63) is 23.8 Å². The fourth-order valence-corrected chi connectivity index (χ4v) is 2.86. The fraction of sp³-hybridized carbons (Fsp3) is 0.500. The van der Waals surface area contributed by atoms with Crippen LogP contribution in [0.1, 0.15) is 36.0 Å². The third kappa shape index (κ3) is 2.81. The molecule has 0 atom stereocenters. The lowest BCUT2D eigenvalue weighted by Crippen LogP contribution is -2.37. The lowest BCUT2D eigenvalue weighted by Gasteiger charge is -2.32. The molecule has 0 aliphatic heterocycles. The number of aromatic carboxylic acids is 1. The second kappa shape index (κ2) is 5.93. The lowest BCUT2D eigenvalue weighted by molar-refractivity contribution is 0.0697. The molecule has 1 aliphatic carbocycles. The summed E-state index contributed by atoms with van der Waals surface area (Å²) in [5.74, 6) is -0.983. The molecule has 0 aromatic heterocycles. The highest BCUT2D eigenvalue weighted by Gasteiger charge is 2.27. The van der Waals surface area contributed by atoms with Gasteiger partial charge in [0.05, 0.1) is 23.5 Å². The molecule has 0 heterocycles. The zero-order valence-corrected chi connectivity index (χ0v) is 10.9. The summed E-state index contributed by atoms with van der Waals surface area (Å²) in [5.41, 5.74) is 7.19. The molecule has 0 spiro atoms. The zero-order valence-electron chi connectivity index (χ0n) is 10.9. The molecule has 0 radical (unpaired) electrons. The molecule has 1 fully saturated rings. The number of carboxylic acids is 1. The van der Waals surface area contributed by atoms with Crippen molar-refractivity contribution in [1.29, 1.82) is 0 Å². The van der Waals surface area contributed by atoms with E-state index < -0.39 is 5.97 Å². The number of carbonyl (C=O) groups is 1. The highest BCUT2D eigenvalue weighted by atomic mass is 16.4. The normalized spacial score (nSPS) is 15.6. The van der Waals surface area contributed by atoms with Gasteiger partial charge in [-0.25, -0.2) is 4.79 Å². The number of para-hydroxylation sites is 1. The largest absolute Gasteiger partial charge is 0.478 e. The first-order chi connectivity index (χ1) is 9.15. The minimum atomic E-state index is -0.983. The minimum absolute atomic E-state index is 0.0100. The van der Waals surface area contributed by atoms with Crippen LogP contribution in [-0.2, 0) is 0 Å². The summed E-state index contributed by atoms with van der Waals surface area (Å²) in [6.45, 7) is 0.406. The van der Waals surface area contributed by atoms with Gasteiger partial charge in [-0.3, -0.25) is 0 Å². The summed E-state index contributed by atoms with van der Waals surface area (Å²) in [5, 5.41) is 18.6. The third-order valence-corrected chi connectivity index (χ3v) is 3.69. The van der Waals surface area contributed by atoms with E-state index in [2.05, 4.69) is 0 Å². The van der Waals surface area contributed by atoms with Crippen LogP contribution in [0.4, 0.5) is 11.4 Å². The Morgan fingerprint density at radius 3 is 2.63 bits per heavy atom. The molecule has 4 N–H and O–H groups in total. The van der Waals surface area contributed by atoms with Crippen molar-refractivity contribution in [2.75, 3.05) is 23.8 Å². The van der Waals surface area contributed by atoms with E-state index in [9.17, 15) is 15.0 Å². The molecule has 2 rings (SSSR count). The van der Waals surface area contributed by atoms with Crippen molar-refractivity contribution in [1.82, 2.24) is 0 Å². The van der Waals surface area contributed by atoms with Gasteiger partial charge in [0.15, 0.2) is 0 Å². The highest BCUT2D eigenvalue weighted by molar-refractivity contribution is 5.98. The molecule has 5 heteroatoms. The molecule has 5 nitrogen and oxygen atoms in total. The number of hydrogen-bond donors (Lipinski definition) is 3. The Labute approximate surface area is 112 Å². The van der Waals surface area contributed by atoms with E-state index >= 15 is 0 Å². The third-order valence-electron chi connectivity index (χ3n) is 3.69. The molecule has 0 unspecified atom stereocenters. The number of aliphatic hydroxyl groups excluding tert-OH is 1. The van der Waals surface area contributed by atoms with Crippen LogP contribution < -0.4 is 10.6 Å². The number of benzene rings is 1. The second-order valence-electron chi connectivity index (χ2n) is 4.90. The predicted octanol–water partition coefficient (Wildman–Crippen LogP) is 1.71. The lowest BCUT2D eigenvalue weighted by atomic mass is 10.1. The number of nitrogen functional groups attached to an aromatic ring is 1. The van der Waals surface area contributed by atoms with Crippen molar-refractivity contribution in [2.45, 2.75) is 31.7 Å². The first-order valence-corrected chi connectivity index (χ1v) is 6.64. The van der Waals surface area contributed by atoms with E-state index in [4.69, 9.17) is 5.73 Å². The number of hydrogen-bond acceptors (Lipinski definition) is 4. The molecule has 1 aliphatic rings. The van der Waals surface area contributed by atoms with Crippen molar-refractivity contribution >= 4 is 17.3 Å². The Kier molecular flexibility index (Phi) is 4.27. The molecule has 0 amide bonds. The molecule has 104 valence electrons. The van der Waals surface area contributed by atoms with E-state index in [0.29, 0.717) is 17.9 Å². The van der Waals surface area contributed by atoms with Gasteiger partial charge in [0.2, 0.25) is 0 Å². The summed E-state index contributed by atoms with van der Waals surface area (Å²) in [4.78, 5) is 13.3. The van der Waals surface area contributed by atoms with Gasteiger partial charge in [0, 0.05) is 12.6 Å². The molecule has 19 heavy (non-hydrogen) atoms. The number of anilines is 2. The minimum Gasteiger partial charge on any atom is -0.478 e. The summed E-state index contributed by atoms with van der Waals surface area (Å²) in [6.07, 6.45) is 4.32. The molecular formula is C14H20N2O3. The van der Waals surface area contributed by atoms with Gasteiger partial charge < -0.3 is 20.8 Å². The van der Waals surface area contributed by atoms with Gasteiger partial charge in [0.25, 0.3) is 0 Å². The Bertz CT molecular complexity index is 456. The number of rotatable bonds is 5. The quantitative estimate of drug-likeness (QED) is 0.705. The molecular weight excluding hydrogens is 244 g/mol. The van der Waals surface area contributed by atoms with Crippen LogP contribution in [0.2, 0.25) is 0 Å². The van der Waals surface area contributed by atoms with Gasteiger partial charge >= 0.3 is 5.97 Å². The summed E-state index contributed by atoms with van der Waals surface area (Å²) in [6, 6.07) is 5.19. The van der Waals surface area contributed by atoms with Gasteiger partial charge in [-0.15, -0.1) is 0 Å². The van der Waals surface area contributed by atoms with Crippen LogP contribution in [-0.4, -0.2) is 35.4 Å². The van der Waals surface area contributed by atoms with Crippen LogP contribution in [0.25, 0.3) is 0 Å². The highest BCUT2D eigenvalue weighted by Crippen LogP contribution is 2.34. The van der Waals surface area contributed by atoms with Crippen LogP contribution in [0.15, 0.2) is 18.2 Å². The first-order valence-electron chi connectivity index (χ1n) is 6.64. The maximum atomic E-state index is 11.4. The van der Waals surface area contributed by atoms with Crippen LogP contribution >= 0.6 is 0 Å². The van der Waals surface area contributed by atoms with Gasteiger partial charge in [-0.2, -0.15) is 0 Å². The van der Waals surface area contributed by atoms with E-state index in [0.717, 1.165) is 25.7 Å². The Balaban J connectivity index is 2.42. The van der Waals surface area contributed by atoms with Gasteiger partial charge in [-0.05, 0) is 25.0 Å². The smallest absolute Gasteiger partial charge is 0.337 e. The van der Waals surface area contributed by atoms with Crippen molar-refractivity contribution in [2.24, 2.45) is 0 Å². The molecule has 1 aromatic carbocycles. The van der Waals surface area contributed by atoms with E-state index in [1.54, 1.807) is 18.2 Å². The first kappa shape index (κ1) is 13.7. The monoisotopic (exact) mass is 264 g/mol. The van der Waals surface area contributed by atoms with Crippen molar-refractivity contribution in [3.8, 4) is 0 Å². The number of nitrogens with zero attached hydrogens (tertiary/aromatic N) is 1. The van der Waals surface area contributed by atoms with E-state index in [-0.39, 0.29) is 18.2 Å². The van der Waals surface area contributed by atoms with E-state index in [1.165, 1.54) is 0 Å². The molecule has 0 saturated heterocycles. The average Bonchev–Trinajstić information content (AvgIpc) is 2.89. The fourth-order valence-electron chi connectivity index (χ4n) is 2.86. The Morgan fingerprint density at radius 2 is 2.05 bits per heavy atom. The standard InChI is InChI=1S/C14H20N2O3/c15-12-7-3-6-11(14(18)19)13(12)16(8-9-17)10-4-1-2-5-10/h3,6-7,10,17H,1-2,4-5,8-9,15H2,(H,18,19). The van der Waals surface area contributed by atoms with Crippen LogP contribution in [0, 0.1) is 0 Å². The number of carboxylic acid groups (broad SMARTS) is 1. The molecule has 1 saturated carbocycles. The zero-order chi connectivity index (χ0) is 13.8. The average molecular weight is 264 g/mol. The van der Waals surface area contributed by atoms with E-state index in [1.807, 2.05) is 4.90 Å². The van der Waals surface area contributed by atoms with Crippen LogP contribution in [0.3, 0.4) is 0 Å². The second-order valence-corrected chi connectivity index (χ2v) is 4.90. The van der Waals surface area contributed by atoms with Crippen molar-refractivity contribution < 1.29 is 15.0 Å².